The summed E-state index contributed by atoms with van der Waals surface area (Å²) in [6, 6.07) is 18.9. The van der Waals surface area contributed by atoms with Crippen LogP contribution in [0.15, 0.2) is 48.5 Å². The molecule has 16 heavy (non-hydrogen) atoms. The fourth-order valence-corrected chi connectivity index (χ4v) is 1.43. The van der Waals surface area contributed by atoms with Crippen molar-refractivity contribution in [1.82, 2.24) is 0 Å². The summed E-state index contributed by atoms with van der Waals surface area (Å²) in [6.07, 6.45) is 0. The van der Waals surface area contributed by atoms with E-state index >= 15 is 0 Å². The third-order valence-corrected chi connectivity index (χ3v) is 2.29. The molecule has 0 aliphatic rings. The molecule has 0 aliphatic carbocycles. The first-order valence-electron chi connectivity index (χ1n) is 5.26. The van der Waals surface area contributed by atoms with Gasteiger partial charge in [-0.15, -0.1) is 0 Å². The minimum atomic E-state index is 0.489. The van der Waals surface area contributed by atoms with Crippen LogP contribution in [0.25, 0.3) is 0 Å². The van der Waals surface area contributed by atoms with Gasteiger partial charge in [-0.2, -0.15) is 0 Å². The lowest BCUT2D eigenvalue weighted by Crippen LogP contribution is -1.99. The van der Waals surface area contributed by atoms with E-state index in [4.69, 9.17) is 10.5 Å². The van der Waals surface area contributed by atoms with Crippen molar-refractivity contribution < 1.29 is 4.74 Å². The molecule has 2 heteroatoms. The minimum Gasteiger partial charge on any atom is -0.488 e. The summed E-state index contributed by atoms with van der Waals surface area (Å²) >= 11 is 0. The van der Waals surface area contributed by atoms with Crippen molar-refractivity contribution in [1.29, 1.82) is 0 Å². The van der Waals surface area contributed by atoms with E-state index < -0.39 is 0 Å². The van der Waals surface area contributed by atoms with Crippen LogP contribution in [0.3, 0.4) is 0 Å². The summed E-state index contributed by atoms with van der Waals surface area (Å²) in [5.74, 6) is 0.742. The van der Waals surface area contributed by atoms with Crippen molar-refractivity contribution in [3.63, 3.8) is 0 Å². The standard InChI is InChI=1S/C14H14NO/c15-10-13-7-4-8-14(9-13)16-11-12-5-2-1-3-6-12/h1-8H,10-11,15H2. The van der Waals surface area contributed by atoms with E-state index in [0.29, 0.717) is 13.2 Å². The Bertz CT molecular complexity index is 439. The first-order valence-corrected chi connectivity index (χ1v) is 5.26. The molecule has 1 radical (unpaired) electrons. The molecule has 0 saturated heterocycles. The Balaban J connectivity index is 1.99. The highest BCUT2D eigenvalue weighted by Crippen LogP contribution is 2.13. The van der Waals surface area contributed by atoms with Crippen LogP contribution < -0.4 is 10.5 Å². The Morgan fingerprint density at radius 2 is 1.81 bits per heavy atom. The normalized spacial score (nSPS) is 10.1. The molecule has 0 unspecified atom stereocenters. The molecule has 81 valence electrons. The summed E-state index contributed by atoms with van der Waals surface area (Å²) < 4.78 is 5.62. The number of hydrogen-bond acceptors (Lipinski definition) is 2. The lowest BCUT2D eigenvalue weighted by molar-refractivity contribution is 0.305. The van der Waals surface area contributed by atoms with Crippen molar-refractivity contribution in [2.45, 2.75) is 13.2 Å². The molecule has 0 spiro atoms. The maximum Gasteiger partial charge on any atom is 0.128 e. The third-order valence-electron chi connectivity index (χ3n) is 2.29. The molecule has 2 rings (SSSR count). The van der Waals surface area contributed by atoms with Crippen LogP contribution in [0.2, 0.25) is 0 Å². The van der Waals surface area contributed by atoms with Gasteiger partial charge in [0.05, 0.1) is 0 Å². The SMILES string of the molecule is NCc1[c]c(OCc2ccccc2)ccc1. The zero-order chi connectivity index (χ0) is 11.2. The molecule has 2 aromatic carbocycles. The van der Waals surface area contributed by atoms with E-state index in [1.165, 1.54) is 0 Å². The van der Waals surface area contributed by atoms with Crippen LogP contribution in [-0.4, -0.2) is 0 Å². The zero-order valence-electron chi connectivity index (χ0n) is 9.02. The second-order valence-electron chi connectivity index (χ2n) is 3.52. The van der Waals surface area contributed by atoms with Crippen molar-refractivity contribution in [3.05, 3.63) is 65.7 Å². The van der Waals surface area contributed by atoms with E-state index in [1.807, 2.05) is 48.5 Å². The van der Waals surface area contributed by atoms with E-state index in [9.17, 15) is 0 Å². The molecule has 0 saturated carbocycles. The largest absolute Gasteiger partial charge is 0.488 e. The predicted octanol–water partition coefficient (Wildman–Crippen LogP) is 2.52. The molecule has 2 aromatic rings. The molecular formula is C14H14NO. The molecule has 0 bridgehead atoms. The minimum absolute atomic E-state index is 0.489. The monoisotopic (exact) mass is 212 g/mol. The molecule has 0 aliphatic heterocycles. The van der Waals surface area contributed by atoms with E-state index in [1.54, 1.807) is 0 Å². The van der Waals surface area contributed by atoms with Crippen molar-refractivity contribution in [3.8, 4) is 5.75 Å². The van der Waals surface area contributed by atoms with Gasteiger partial charge in [-0.1, -0.05) is 42.5 Å². The fraction of sp³-hybridized carbons (Fsp3) is 0.143. The molecule has 0 aromatic heterocycles. The molecule has 2 nitrogen and oxygen atoms in total. The Morgan fingerprint density at radius 3 is 2.56 bits per heavy atom. The Hall–Kier alpha value is -1.80. The molecule has 0 amide bonds. The van der Waals surface area contributed by atoms with Crippen LogP contribution in [-0.2, 0) is 13.2 Å². The van der Waals surface area contributed by atoms with Gasteiger partial charge < -0.3 is 10.5 Å². The van der Waals surface area contributed by atoms with Gasteiger partial charge in [-0.05, 0) is 17.2 Å². The van der Waals surface area contributed by atoms with E-state index in [0.717, 1.165) is 16.9 Å². The second-order valence-corrected chi connectivity index (χ2v) is 3.52. The number of hydrogen-bond donors (Lipinski definition) is 1. The summed E-state index contributed by atoms with van der Waals surface area (Å²) in [6.45, 7) is 1.05. The molecule has 0 heterocycles. The van der Waals surface area contributed by atoms with Crippen molar-refractivity contribution in [2.75, 3.05) is 0 Å². The third kappa shape index (κ3) is 2.84. The van der Waals surface area contributed by atoms with Crippen molar-refractivity contribution in [2.24, 2.45) is 5.73 Å². The van der Waals surface area contributed by atoms with Crippen LogP contribution >= 0.6 is 0 Å². The van der Waals surface area contributed by atoms with E-state index in [2.05, 4.69) is 6.07 Å². The molecule has 0 fully saturated rings. The fourth-order valence-electron chi connectivity index (χ4n) is 1.43. The topological polar surface area (TPSA) is 35.2 Å². The van der Waals surface area contributed by atoms with Gasteiger partial charge in [0.2, 0.25) is 0 Å². The number of ether oxygens (including phenoxy) is 1. The molecule has 2 N–H and O–H groups in total. The maximum absolute atomic E-state index is 5.62. The molecular weight excluding hydrogens is 198 g/mol. The first-order chi connectivity index (χ1) is 7.88. The summed E-state index contributed by atoms with van der Waals surface area (Å²) in [5.41, 5.74) is 7.65. The smallest absolute Gasteiger partial charge is 0.128 e. The van der Waals surface area contributed by atoms with Crippen molar-refractivity contribution >= 4 is 0 Å². The van der Waals surface area contributed by atoms with Gasteiger partial charge in [-0.25, -0.2) is 0 Å². The van der Waals surface area contributed by atoms with Crippen LogP contribution in [0, 0.1) is 6.07 Å². The van der Waals surface area contributed by atoms with Gasteiger partial charge in [-0.3, -0.25) is 0 Å². The van der Waals surface area contributed by atoms with Crippen LogP contribution in [0.1, 0.15) is 11.1 Å². The van der Waals surface area contributed by atoms with Gasteiger partial charge in [0, 0.05) is 12.6 Å². The molecule has 0 atom stereocenters. The quantitative estimate of drug-likeness (QED) is 0.845. The number of benzene rings is 2. The second kappa shape index (κ2) is 5.33. The van der Waals surface area contributed by atoms with Gasteiger partial charge >= 0.3 is 0 Å². The zero-order valence-corrected chi connectivity index (χ0v) is 9.02. The lowest BCUT2D eigenvalue weighted by atomic mass is 10.2. The average molecular weight is 212 g/mol. The summed E-state index contributed by atoms with van der Waals surface area (Å²) in [7, 11) is 0. The highest BCUT2D eigenvalue weighted by atomic mass is 16.5. The van der Waals surface area contributed by atoms with Gasteiger partial charge in [0.15, 0.2) is 0 Å². The highest BCUT2D eigenvalue weighted by Gasteiger charge is 1.97. The summed E-state index contributed by atoms with van der Waals surface area (Å²) in [5, 5.41) is 0. The lowest BCUT2D eigenvalue weighted by Gasteiger charge is -2.06. The Kier molecular flexibility index (Phi) is 3.57. The Labute approximate surface area is 95.7 Å². The number of rotatable bonds is 4. The predicted molar refractivity (Wildman–Crippen MR) is 63.9 cm³/mol. The number of nitrogens with two attached hydrogens (primary N) is 1. The maximum atomic E-state index is 5.62. The van der Waals surface area contributed by atoms with E-state index in [-0.39, 0.29) is 0 Å². The average Bonchev–Trinajstić information content (AvgIpc) is 2.38. The summed E-state index contributed by atoms with van der Waals surface area (Å²) in [4.78, 5) is 0. The van der Waals surface area contributed by atoms with Gasteiger partial charge in [0.25, 0.3) is 0 Å². The highest BCUT2D eigenvalue weighted by molar-refractivity contribution is 5.27. The van der Waals surface area contributed by atoms with Crippen LogP contribution in [0.4, 0.5) is 0 Å². The first kappa shape index (κ1) is 10.7. The van der Waals surface area contributed by atoms with Crippen LogP contribution in [0.5, 0.6) is 5.75 Å². The van der Waals surface area contributed by atoms with Gasteiger partial charge in [0.1, 0.15) is 12.4 Å². The Morgan fingerprint density at radius 1 is 1.00 bits per heavy atom.